The maximum atomic E-state index is 13.6. The minimum Gasteiger partial charge on any atom is -0.436 e. The van der Waals surface area contributed by atoms with E-state index in [-0.39, 0.29) is 11.4 Å². The van der Waals surface area contributed by atoms with Gasteiger partial charge in [-0.1, -0.05) is 0 Å². The predicted molar refractivity (Wildman–Crippen MR) is 71.2 cm³/mol. The van der Waals surface area contributed by atoms with E-state index in [1.807, 2.05) is 0 Å². The van der Waals surface area contributed by atoms with Crippen molar-refractivity contribution in [1.29, 1.82) is 0 Å². The van der Waals surface area contributed by atoms with Crippen LogP contribution in [0.1, 0.15) is 11.1 Å². The molecule has 6 nitrogen and oxygen atoms in total. The van der Waals surface area contributed by atoms with Crippen LogP contribution in [0.5, 0.6) is 11.6 Å². The average molecular weight is 295 g/mol. The summed E-state index contributed by atoms with van der Waals surface area (Å²) in [5, 5.41) is 10.9. The molecule has 0 radical (unpaired) electrons. The topological polar surface area (TPSA) is 91.3 Å². The molecule has 0 unspecified atom stereocenters. The molecule has 0 aliphatic carbocycles. The maximum absolute atomic E-state index is 13.6. The van der Waals surface area contributed by atoms with Gasteiger partial charge in [0.15, 0.2) is 17.5 Å². The van der Waals surface area contributed by atoms with Crippen molar-refractivity contribution in [1.82, 2.24) is 4.98 Å². The molecule has 2 aromatic rings. The van der Waals surface area contributed by atoms with E-state index in [4.69, 9.17) is 10.5 Å². The van der Waals surface area contributed by atoms with E-state index in [1.54, 1.807) is 13.8 Å². The number of nitro benzene ring substituents is 1. The summed E-state index contributed by atoms with van der Waals surface area (Å²) in [6, 6.07) is 3.22. The number of pyridine rings is 1. The Kier molecular flexibility index (Phi) is 3.70. The third-order valence-corrected chi connectivity index (χ3v) is 2.82. The zero-order chi connectivity index (χ0) is 15.7. The van der Waals surface area contributed by atoms with Crippen LogP contribution in [-0.4, -0.2) is 9.91 Å². The molecular weight excluding hydrogens is 284 g/mol. The minimum absolute atomic E-state index is 0.0460. The fourth-order valence-electron chi connectivity index (χ4n) is 1.77. The van der Waals surface area contributed by atoms with Crippen LogP contribution in [-0.2, 0) is 0 Å². The summed E-state index contributed by atoms with van der Waals surface area (Å²) >= 11 is 0. The number of nitrogens with two attached hydrogens (primary N) is 1. The van der Waals surface area contributed by atoms with E-state index in [0.717, 1.165) is 6.07 Å². The monoisotopic (exact) mass is 295 g/mol. The number of nitrogen functional groups attached to an aromatic ring is 1. The molecule has 0 saturated heterocycles. The van der Waals surface area contributed by atoms with Gasteiger partial charge in [-0.3, -0.25) is 10.1 Å². The third-order valence-electron chi connectivity index (χ3n) is 2.82. The van der Waals surface area contributed by atoms with Crippen LogP contribution < -0.4 is 10.5 Å². The molecule has 2 rings (SSSR count). The summed E-state index contributed by atoms with van der Waals surface area (Å²) in [5.41, 5.74) is 6.05. The van der Waals surface area contributed by atoms with Gasteiger partial charge >= 0.3 is 0 Å². The van der Waals surface area contributed by atoms with Crippen molar-refractivity contribution >= 4 is 11.5 Å². The molecule has 0 bridgehead atoms. The lowest BCUT2D eigenvalue weighted by atomic mass is 10.1. The van der Waals surface area contributed by atoms with E-state index < -0.39 is 28.3 Å². The van der Waals surface area contributed by atoms with Gasteiger partial charge in [-0.05, 0) is 25.5 Å². The Morgan fingerprint density at radius 1 is 1.19 bits per heavy atom. The average Bonchev–Trinajstić information content (AvgIpc) is 2.38. The Morgan fingerprint density at radius 3 is 2.48 bits per heavy atom. The van der Waals surface area contributed by atoms with Gasteiger partial charge in [0.25, 0.3) is 11.6 Å². The molecule has 0 amide bonds. The summed E-state index contributed by atoms with van der Waals surface area (Å²) in [4.78, 5) is 13.8. The Bertz CT molecular complexity index is 735. The predicted octanol–water partition coefficient (Wildman–Crippen LogP) is 3.26. The number of ether oxygens (including phenoxy) is 1. The van der Waals surface area contributed by atoms with E-state index in [2.05, 4.69) is 4.98 Å². The lowest BCUT2D eigenvalue weighted by Crippen LogP contribution is -2.01. The minimum atomic E-state index is -1.05. The molecule has 110 valence electrons. The highest BCUT2D eigenvalue weighted by Gasteiger charge is 2.18. The quantitative estimate of drug-likeness (QED) is 0.693. The molecule has 1 aromatic carbocycles. The number of hydrogen-bond donors (Lipinski definition) is 1. The van der Waals surface area contributed by atoms with E-state index >= 15 is 0 Å². The van der Waals surface area contributed by atoms with Crippen LogP contribution in [0.3, 0.4) is 0 Å². The summed E-state index contributed by atoms with van der Waals surface area (Å²) < 4.78 is 31.8. The van der Waals surface area contributed by atoms with Gasteiger partial charge in [0.05, 0.1) is 11.0 Å². The second kappa shape index (κ2) is 5.31. The van der Waals surface area contributed by atoms with Crippen molar-refractivity contribution in [3.63, 3.8) is 0 Å². The van der Waals surface area contributed by atoms with Crippen molar-refractivity contribution in [3.8, 4) is 11.6 Å². The smallest absolute Gasteiger partial charge is 0.276 e. The first-order valence-corrected chi connectivity index (χ1v) is 5.84. The fraction of sp³-hybridized carbons (Fsp3) is 0.154. The molecule has 0 aliphatic heterocycles. The van der Waals surface area contributed by atoms with Gasteiger partial charge in [-0.25, -0.2) is 8.78 Å². The van der Waals surface area contributed by atoms with Crippen LogP contribution in [0.2, 0.25) is 0 Å². The Hall–Kier alpha value is -2.77. The fourth-order valence-corrected chi connectivity index (χ4v) is 1.77. The largest absolute Gasteiger partial charge is 0.436 e. The van der Waals surface area contributed by atoms with Gasteiger partial charge in [0.1, 0.15) is 5.75 Å². The lowest BCUT2D eigenvalue weighted by molar-refractivity contribution is -0.385. The highest BCUT2D eigenvalue weighted by atomic mass is 19.1. The zero-order valence-electron chi connectivity index (χ0n) is 11.2. The van der Waals surface area contributed by atoms with Crippen molar-refractivity contribution in [3.05, 3.63) is 51.1 Å². The zero-order valence-corrected chi connectivity index (χ0v) is 11.2. The molecule has 0 fully saturated rings. The van der Waals surface area contributed by atoms with Gasteiger partial charge in [0.2, 0.25) is 0 Å². The van der Waals surface area contributed by atoms with Crippen molar-refractivity contribution in [2.75, 3.05) is 5.73 Å². The number of anilines is 1. The van der Waals surface area contributed by atoms with Gasteiger partial charge in [0, 0.05) is 11.6 Å². The molecule has 1 heterocycles. The third kappa shape index (κ3) is 2.88. The van der Waals surface area contributed by atoms with Gasteiger partial charge in [-0.2, -0.15) is 4.98 Å². The summed E-state index contributed by atoms with van der Waals surface area (Å²) in [5.74, 6) is -3.08. The summed E-state index contributed by atoms with van der Waals surface area (Å²) in [6.45, 7) is 3.21. The molecule has 2 N–H and O–H groups in total. The molecule has 0 atom stereocenters. The second-order valence-electron chi connectivity index (χ2n) is 4.41. The van der Waals surface area contributed by atoms with Gasteiger partial charge < -0.3 is 10.5 Å². The Labute approximate surface area is 118 Å². The lowest BCUT2D eigenvalue weighted by Gasteiger charge is -2.10. The number of benzene rings is 1. The van der Waals surface area contributed by atoms with Crippen molar-refractivity contribution in [2.24, 2.45) is 0 Å². The number of nitrogens with zero attached hydrogens (tertiary/aromatic N) is 2. The van der Waals surface area contributed by atoms with Crippen LogP contribution in [0.4, 0.5) is 20.3 Å². The second-order valence-corrected chi connectivity index (χ2v) is 4.41. The molecular formula is C13H11F2N3O3. The molecule has 1 aromatic heterocycles. The first-order chi connectivity index (χ1) is 9.79. The van der Waals surface area contributed by atoms with Crippen LogP contribution >= 0.6 is 0 Å². The van der Waals surface area contributed by atoms with E-state index in [9.17, 15) is 18.9 Å². The van der Waals surface area contributed by atoms with Crippen molar-refractivity contribution in [2.45, 2.75) is 13.8 Å². The van der Waals surface area contributed by atoms with Crippen LogP contribution in [0.25, 0.3) is 0 Å². The maximum Gasteiger partial charge on any atom is 0.276 e. The van der Waals surface area contributed by atoms with Gasteiger partial charge in [-0.15, -0.1) is 0 Å². The molecule has 21 heavy (non-hydrogen) atoms. The SMILES string of the molecule is Cc1cc(C)c([N+](=O)[O-])cc1Oc1nc(N)c(F)cc1F. The number of nitro groups is 1. The number of rotatable bonds is 3. The highest BCUT2D eigenvalue weighted by Crippen LogP contribution is 2.32. The number of aromatic nitrogens is 1. The number of halogens is 2. The number of aryl methyl sites for hydroxylation is 2. The molecule has 0 spiro atoms. The molecule has 8 heteroatoms. The Morgan fingerprint density at radius 2 is 1.86 bits per heavy atom. The Balaban J connectivity index is 2.47. The van der Waals surface area contributed by atoms with Crippen molar-refractivity contribution < 1.29 is 18.4 Å². The standard InChI is InChI=1S/C13H11F2N3O3/c1-6-3-7(2)11(5-10(6)18(19)20)21-13-9(15)4-8(14)12(16)17-13/h3-5H,1-2H3,(H2,16,17). The van der Waals surface area contributed by atoms with E-state index in [1.165, 1.54) is 6.07 Å². The van der Waals surface area contributed by atoms with E-state index in [0.29, 0.717) is 17.2 Å². The first-order valence-electron chi connectivity index (χ1n) is 5.84. The number of hydrogen-bond acceptors (Lipinski definition) is 5. The summed E-state index contributed by atoms with van der Waals surface area (Å²) in [6.07, 6.45) is 0. The molecule has 0 aliphatic rings. The summed E-state index contributed by atoms with van der Waals surface area (Å²) in [7, 11) is 0. The molecule has 0 saturated carbocycles. The normalized spacial score (nSPS) is 10.5. The first kappa shape index (κ1) is 14.6. The van der Waals surface area contributed by atoms with Crippen LogP contribution in [0.15, 0.2) is 18.2 Å². The van der Waals surface area contributed by atoms with Crippen LogP contribution in [0, 0.1) is 35.6 Å². The highest BCUT2D eigenvalue weighted by molar-refractivity contribution is 5.51.